The normalized spacial score (nSPS) is 26.4. The number of carbonyl (C=O) groups excluding carboxylic acids is 3. The Labute approximate surface area is 135 Å². The van der Waals surface area contributed by atoms with Crippen LogP contribution in [0.15, 0.2) is 24.3 Å². The smallest absolute Gasteiger partial charge is 0.153 e. The van der Waals surface area contributed by atoms with Crippen LogP contribution in [-0.2, 0) is 14.4 Å². The highest BCUT2D eigenvalue weighted by atomic mass is 35.5. The Kier molecular flexibility index (Phi) is 4.44. The molecule has 0 bridgehead atoms. The number of ketones is 3. The molecule has 2 aliphatic rings. The highest BCUT2D eigenvalue weighted by Crippen LogP contribution is 2.36. The fourth-order valence-electron chi connectivity index (χ4n) is 3.71. The first-order chi connectivity index (χ1) is 10.6. The van der Waals surface area contributed by atoms with E-state index in [-0.39, 0.29) is 42.0 Å². The fraction of sp³-hybridized carbons (Fsp3) is 0.500. The zero-order chi connectivity index (χ0) is 15.7. The molecule has 0 N–H and O–H groups in total. The summed E-state index contributed by atoms with van der Waals surface area (Å²) in [5, 5.41) is 0.631. The third-order valence-electron chi connectivity index (χ3n) is 4.92. The third kappa shape index (κ3) is 3.00. The second kappa shape index (κ2) is 6.33. The minimum Gasteiger partial charge on any atom is -0.298 e. The van der Waals surface area contributed by atoms with Gasteiger partial charge in [-0.3, -0.25) is 14.4 Å². The van der Waals surface area contributed by atoms with Crippen LogP contribution in [0.5, 0.6) is 0 Å². The lowest BCUT2D eigenvalue weighted by Crippen LogP contribution is -2.40. The largest absolute Gasteiger partial charge is 0.298 e. The van der Waals surface area contributed by atoms with Crippen molar-refractivity contribution in [3.05, 3.63) is 34.9 Å². The van der Waals surface area contributed by atoms with E-state index in [4.69, 9.17) is 11.6 Å². The molecule has 0 saturated heterocycles. The summed E-state index contributed by atoms with van der Waals surface area (Å²) >= 11 is 5.87. The van der Waals surface area contributed by atoms with Crippen LogP contribution in [0.4, 0.5) is 0 Å². The van der Waals surface area contributed by atoms with Gasteiger partial charge in [-0.25, -0.2) is 0 Å². The number of Topliss-reactive ketones (excluding diaryl/α,β-unsaturated/α-hetero) is 3. The molecular weight excluding hydrogens is 300 g/mol. The van der Waals surface area contributed by atoms with Crippen LogP contribution in [0.1, 0.15) is 50.0 Å². The SMILES string of the molecule is O=C1CC(c2ccc(Cl)cc2)CC(=O)C1C(=O)C1CCCC1. The number of carbonyl (C=O) groups is 3. The van der Waals surface area contributed by atoms with E-state index in [9.17, 15) is 14.4 Å². The lowest BCUT2D eigenvalue weighted by atomic mass is 9.73. The van der Waals surface area contributed by atoms with Crippen molar-refractivity contribution in [1.29, 1.82) is 0 Å². The zero-order valence-corrected chi connectivity index (χ0v) is 13.1. The van der Waals surface area contributed by atoms with Crippen LogP contribution in [0.3, 0.4) is 0 Å². The predicted octanol–water partition coefficient (Wildman–Crippen LogP) is 3.73. The number of benzene rings is 1. The lowest BCUT2D eigenvalue weighted by molar-refractivity contribution is -0.144. The first-order valence-corrected chi connectivity index (χ1v) is 8.28. The monoisotopic (exact) mass is 318 g/mol. The van der Waals surface area contributed by atoms with Gasteiger partial charge in [0.15, 0.2) is 17.3 Å². The Bertz CT molecular complexity index is 581. The molecule has 2 aliphatic carbocycles. The van der Waals surface area contributed by atoms with Gasteiger partial charge in [0, 0.05) is 23.8 Å². The maximum atomic E-state index is 12.4. The summed E-state index contributed by atoms with van der Waals surface area (Å²) in [6.45, 7) is 0. The van der Waals surface area contributed by atoms with Gasteiger partial charge >= 0.3 is 0 Å². The molecular formula is C18H19ClO3. The van der Waals surface area contributed by atoms with Crippen molar-refractivity contribution < 1.29 is 14.4 Å². The van der Waals surface area contributed by atoms with Crippen LogP contribution in [0, 0.1) is 11.8 Å². The van der Waals surface area contributed by atoms with Crippen molar-refractivity contribution in [2.24, 2.45) is 11.8 Å². The Morgan fingerprint density at radius 3 is 2.05 bits per heavy atom. The summed E-state index contributed by atoms with van der Waals surface area (Å²) in [6.07, 6.45) is 4.26. The number of hydrogen-bond donors (Lipinski definition) is 0. The summed E-state index contributed by atoms with van der Waals surface area (Å²) in [7, 11) is 0. The van der Waals surface area contributed by atoms with E-state index in [1.165, 1.54) is 0 Å². The second-order valence-corrected chi connectivity index (χ2v) is 6.84. The molecule has 22 heavy (non-hydrogen) atoms. The Morgan fingerprint density at radius 1 is 0.955 bits per heavy atom. The zero-order valence-electron chi connectivity index (χ0n) is 12.4. The topological polar surface area (TPSA) is 51.2 Å². The van der Waals surface area contributed by atoms with Crippen molar-refractivity contribution >= 4 is 29.0 Å². The van der Waals surface area contributed by atoms with Crippen LogP contribution >= 0.6 is 11.6 Å². The van der Waals surface area contributed by atoms with E-state index >= 15 is 0 Å². The van der Waals surface area contributed by atoms with Crippen LogP contribution < -0.4 is 0 Å². The Balaban J connectivity index is 1.74. The van der Waals surface area contributed by atoms with E-state index in [1.54, 1.807) is 12.1 Å². The quantitative estimate of drug-likeness (QED) is 0.798. The van der Waals surface area contributed by atoms with Gasteiger partial charge < -0.3 is 0 Å². The van der Waals surface area contributed by atoms with Gasteiger partial charge in [-0.05, 0) is 36.5 Å². The molecule has 0 spiro atoms. The highest BCUT2D eigenvalue weighted by molar-refractivity contribution is 6.30. The summed E-state index contributed by atoms with van der Waals surface area (Å²) in [5.41, 5.74) is 0.942. The first-order valence-electron chi connectivity index (χ1n) is 7.91. The van der Waals surface area contributed by atoms with Crippen LogP contribution in [0.25, 0.3) is 0 Å². The third-order valence-corrected chi connectivity index (χ3v) is 5.17. The molecule has 0 radical (unpaired) electrons. The Hall–Kier alpha value is -1.48. The minimum atomic E-state index is -0.994. The molecule has 3 rings (SSSR count). The molecule has 4 heteroatoms. The average Bonchev–Trinajstić information content (AvgIpc) is 3.01. The fourth-order valence-corrected chi connectivity index (χ4v) is 3.83. The van der Waals surface area contributed by atoms with E-state index in [2.05, 4.69) is 0 Å². The van der Waals surface area contributed by atoms with Crippen molar-refractivity contribution in [2.75, 3.05) is 0 Å². The molecule has 1 aromatic rings. The predicted molar refractivity (Wildman–Crippen MR) is 83.9 cm³/mol. The van der Waals surface area contributed by atoms with Gasteiger partial charge in [-0.2, -0.15) is 0 Å². The lowest BCUT2D eigenvalue weighted by Gasteiger charge is -2.27. The summed E-state index contributed by atoms with van der Waals surface area (Å²) in [6, 6.07) is 7.24. The summed E-state index contributed by atoms with van der Waals surface area (Å²) < 4.78 is 0. The first kappa shape index (κ1) is 15.4. The molecule has 0 aromatic heterocycles. The number of halogens is 1. The molecule has 0 atom stereocenters. The maximum Gasteiger partial charge on any atom is 0.153 e. The van der Waals surface area contributed by atoms with Gasteiger partial charge in [-0.15, -0.1) is 0 Å². The molecule has 1 aromatic carbocycles. The van der Waals surface area contributed by atoms with Crippen molar-refractivity contribution in [3.8, 4) is 0 Å². The van der Waals surface area contributed by atoms with Crippen LogP contribution in [-0.4, -0.2) is 17.3 Å². The van der Waals surface area contributed by atoms with E-state index in [0.717, 1.165) is 31.2 Å². The maximum absolute atomic E-state index is 12.4. The Morgan fingerprint density at radius 2 is 1.50 bits per heavy atom. The van der Waals surface area contributed by atoms with Crippen molar-refractivity contribution in [1.82, 2.24) is 0 Å². The van der Waals surface area contributed by atoms with E-state index < -0.39 is 5.92 Å². The van der Waals surface area contributed by atoms with Gasteiger partial charge in [0.1, 0.15) is 5.92 Å². The van der Waals surface area contributed by atoms with E-state index in [1.807, 2.05) is 12.1 Å². The molecule has 0 unspecified atom stereocenters. The molecule has 2 fully saturated rings. The molecule has 0 aliphatic heterocycles. The van der Waals surface area contributed by atoms with Gasteiger partial charge in [0.05, 0.1) is 0 Å². The molecule has 116 valence electrons. The van der Waals surface area contributed by atoms with E-state index in [0.29, 0.717) is 5.02 Å². The van der Waals surface area contributed by atoms with Crippen LogP contribution in [0.2, 0.25) is 5.02 Å². The molecule has 0 heterocycles. The van der Waals surface area contributed by atoms with Crippen molar-refractivity contribution in [2.45, 2.75) is 44.4 Å². The number of rotatable bonds is 3. The minimum absolute atomic E-state index is 0.0787. The molecule has 3 nitrogen and oxygen atoms in total. The van der Waals surface area contributed by atoms with Gasteiger partial charge in [-0.1, -0.05) is 36.6 Å². The van der Waals surface area contributed by atoms with Gasteiger partial charge in [0.25, 0.3) is 0 Å². The second-order valence-electron chi connectivity index (χ2n) is 6.41. The number of hydrogen-bond acceptors (Lipinski definition) is 3. The highest BCUT2D eigenvalue weighted by Gasteiger charge is 2.43. The summed E-state index contributed by atoms with van der Waals surface area (Å²) in [4.78, 5) is 37.2. The molecule has 0 amide bonds. The van der Waals surface area contributed by atoms with Crippen molar-refractivity contribution in [3.63, 3.8) is 0 Å². The standard InChI is InChI=1S/C18H19ClO3/c19-14-7-5-11(6-8-14)13-9-15(20)17(16(21)10-13)18(22)12-3-1-2-4-12/h5-8,12-13,17H,1-4,9-10H2. The summed E-state index contributed by atoms with van der Waals surface area (Å²) in [5.74, 6) is -1.72. The molecule has 2 saturated carbocycles. The average molecular weight is 319 g/mol. The van der Waals surface area contributed by atoms with Gasteiger partial charge in [0.2, 0.25) is 0 Å².